The number of rotatable bonds is 8. The summed E-state index contributed by atoms with van der Waals surface area (Å²) >= 11 is 0. The Kier molecular flexibility index (Phi) is 7.63. The summed E-state index contributed by atoms with van der Waals surface area (Å²) in [4.78, 5) is 40.2. The first-order valence-electron chi connectivity index (χ1n) is 11.8. The molecule has 3 aromatic carbocycles. The highest BCUT2D eigenvalue weighted by Gasteiger charge is 2.47. The Labute approximate surface area is 209 Å². The van der Waals surface area contributed by atoms with Crippen LogP contribution in [-0.2, 0) is 16.1 Å². The molecule has 3 aromatic rings. The molecule has 0 radical (unpaired) electrons. The summed E-state index contributed by atoms with van der Waals surface area (Å²) in [6, 6.07) is 20.4. The smallest absolute Gasteiger partial charge is 0.411 e. The normalized spacial score (nSPS) is 17.9. The summed E-state index contributed by atoms with van der Waals surface area (Å²) in [5.74, 6) is -1.01. The van der Waals surface area contributed by atoms with Gasteiger partial charge in [-0.15, -0.1) is 0 Å². The second kappa shape index (κ2) is 11.0. The van der Waals surface area contributed by atoms with Crippen LogP contribution in [-0.4, -0.2) is 34.9 Å². The highest BCUT2D eigenvalue weighted by Crippen LogP contribution is 2.35. The van der Waals surface area contributed by atoms with Gasteiger partial charge in [0.25, 0.3) is 5.91 Å². The minimum absolute atomic E-state index is 0.0820. The van der Waals surface area contributed by atoms with Gasteiger partial charge in [0.2, 0.25) is 5.91 Å². The van der Waals surface area contributed by atoms with E-state index in [4.69, 9.17) is 4.74 Å². The monoisotopic (exact) mass is 489 g/mol. The van der Waals surface area contributed by atoms with Gasteiger partial charge in [-0.1, -0.05) is 49.4 Å². The Balaban J connectivity index is 1.61. The van der Waals surface area contributed by atoms with Gasteiger partial charge in [-0.2, -0.15) is 0 Å². The van der Waals surface area contributed by atoms with Crippen LogP contribution in [0.5, 0.6) is 0 Å². The van der Waals surface area contributed by atoms with Crippen LogP contribution in [0.25, 0.3) is 0 Å². The van der Waals surface area contributed by atoms with Crippen molar-refractivity contribution in [1.29, 1.82) is 0 Å². The molecule has 7 nitrogen and oxygen atoms in total. The first-order valence-corrected chi connectivity index (χ1v) is 11.8. The molecule has 3 amide bonds. The molecule has 0 aliphatic carbocycles. The molecule has 0 spiro atoms. The second-order valence-electron chi connectivity index (χ2n) is 8.77. The van der Waals surface area contributed by atoms with E-state index in [1.807, 2.05) is 19.9 Å². The molecule has 1 saturated heterocycles. The molecule has 1 aliphatic heterocycles. The summed E-state index contributed by atoms with van der Waals surface area (Å²) in [7, 11) is 0. The molecule has 1 fully saturated rings. The zero-order chi connectivity index (χ0) is 25.7. The molecule has 2 N–H and O–H groups in total. The van der Waals surface area contributed by atoms with E-state index < -0.39 is 18.2 Å². The fraction of sp³-hybridized carbons (Fsp3) is 0.250. The molecule has 3 atom stereocenters. The lowest BCUT2D eigenvalue weighted by molar-refractivity contribution is -0.127. The Hall–Kier alpha value is -4.20. The van der Waals surface area contributed by atoms with Gasteiger partial charge in [-0.05, 0) is 60.9 Å². The lowest BCUT2D eigenvalue weighted by atomic mass is 9.99. The summed E-state index contributed by atoms with van der Waals surface area (Å²) in [5, 5.41) is 5.79. The van der Waals surface area contributed by atoms with Gasteiger partial charge in [-0.25, -0.2) is 9.18 Å². The highest BCUT2D eigenvalue weighted by molar-refractivity contribution is 6.04. The molecule has 186 valence electrons. The van der Waals surface area contributed by atoms with Gasteiger partial charge in [0, 0.05) is 17.3 Å². The first kappa shape index (κ1) is 24.9. The molecule has 1 aliphatic rings. The Morgan fingerprint density at radius 1 is 1.03 bits per heavy atom. The lowest BCUT2D eigenvalue weighted by Crippen LogP contribution is -2.48. The average molecular weight is 490 g/mol. The van der Waals surface area contributed by atoms with Gasteiger partial charge >= 0.3 is 6.09 Å². The summed E-state index contributed by atoms with van der Waals surface area (Å²) in [6.07, 6.45) is -0.820. The predicted molar refractivity (Wildman–Crippen MR) is 134 cm³/mol. The van der Waals surface area contributed by atoms with Crippen molar-refractivity contribution in [2.45, 2.75) is 45.0 Å². The minimum Gasteiger partial charge on any atom is -0.438 e. The van der Waals surface area contributed by atoms with Crippen molar-refractivity contribution >= 4 is 23.6 Å². The van der Waals surface area contributed by atoms with Crippen molar-refractivity contribution in [2.24, 2.45) is 0 Å². The first-order chi connectivity index (χ1) is 17.4. The van der Waals surface area contributed by atoms with Crippen LogP contribution in [0.4, 0.5) is 14.9 Å². The number of amides is 3. The van der Waals surface area contributed by atoms with Crippen LogP contribution < -0.4 is 10.6 Å². The topological polar surface area (TPSA) is 87.7 Å². The Morgan fingerprint density at radius 3 is 2.44 bits per heavy atom. The Morgan fingerprint density at radius 2 is 1.75 bits per heavy atom. The van der Waals surface area contributed by atoms with Crippen LogP contribution in [0.15, 0.2) is 78.9 Å². The number of cyclic esters (lactones) is 1. The number of benzene rings is 3. The third kappa shape index (κ3) is 5.71. The fourth-order valence-corrected chi connectivity index (χ4v) is 4.01. The average Bonchev–Trinajstić information content (AvgIpc) is 3.21. The van der Waals surface area contributed by atoms with E-state index in [0.717, 1.165) is 6.42 Å². The number of nitrogens with zero attached hydrogens (tertiary/aromatic N) is 1. The quantitative estimate of drug-likeness (QED) is 0.463. The molecule has 0 bridgehead atoms. The molecule has 0 unspecified atom stereocenters. The van der Waals surface area contributed by atoms with Crippen LogP contribution in [0.1, 0.15) is 47.9 Å². The van der Waals surface area contributed by atoms with Crippen LogP contribution in [0.2, 0.25) is 0 Å². The van der Waals surface area contributed by atoms with E-state index in [9.17, 15) is 18.8 Å². The van der Waals surface area contributed by atoms with Crippen molar-refractivity contribution < 1.29 is 23.5 Å². The minimum atomic E-state index is -0.948. The fourth-order valence-electron chi connectivity index (χ4n) is 4.01. The third-order valence-electron chi connectivity index (χ3n) is 6.13. The predicted octanol–water partition coefficient (Wildman–Crippen LogP) is 5.05. The summed E-state index contributed by atoms with van der Waals surface area (Å²) in [6.45, 7) is 3.92. The second-order valence-corrected chi connectivity index (χ2v) is 8.77. The van der Waals surface area contributed by atoms with Crippen molar-refractivity contribution in [1.82, 2.24) is 10.2 Å². The van der Waals surface area contributed by atoms with E-state index in [1.165, 1.54) is 17.0 Å². The molecule has 1 heterocycles. The van der Waals surface area contributed by atoms with Gasteiger partial charge in [0.1, 0.15) is 5.82 Å². The summed E-state index contributed by atoms with van der Waals surface area (Å²) in [5.41, 5.74) is 2.25. The van der Waals surface area contributed by atoms with Gasteiger partial charge in [0.15, 0.2) is 12.1 Å². The highest BCUT2D eigenvalue weighted by atomic mass is 19.1. The molecular weight excluding hydrogens is 461 g/mol. The summed E-state index contributed by atoms with van der Waals surface area (Å²) < 4.78 is 19.1. The maximum absolute atomic E-state index is 13.4. The standard InChI is InChI=1S/C28H28FN3O4/c1-3-18(2)30-27(34)24-25(36-28(35)32(24)17-19-12-14-22(29)15-13-19)21-10-7-11-23(16-21)31-26(33)20-8-5-4-6-9-20/h4-16,18,24-25H,3,17H2,1-2H3,(H,30,34)(H,31,33)/t18-,24+,25-/m0/s1. The molecule has 4 rings (SSSR count). The van der Waals surface area contributed by atoms with Crippen molar-refractivity contribution in [3.05, 3.63) is 101 Å². The molecule has 0 saturated carbocycles. The number of carbonyl (C=O) groups is 3. The van der Waals surface area contributed by atoms with Crippen LogP contribution in [0.3, 0.4) is 0 Å². The maximum Gasteiger partial charge on any atom is 0.411 e. The van der Waals surface area contributed by atoms with E-state index >= 15 is 0 Å². The Bertz CT molecular complexity index is 1230. The third-order valence-corrected chi connectivity index (χ3v) is 6.13. The number of halogens is 1. The van der Waals surface area contributed by atoms with Gasteiger partial charge in [0.05, 0.1) is 6.54 Å². The number of carbonyl (C=O) groups excluding carboxylic acids is 3. The number of hydrogen-bond acceptors (Lipinski definition) is 4. The van der Waals surface area contributed by atoms with E-state index in [1.54, 1.807) is 60.7 Å². The molecule has 8 heteroatoms. The number of ether oxygens (including phenoxy) is 1. The number of nitrogens with one attached hydrogen (secondary N) is 2. The van der Waals surface area contributed by atoms with Gasteiger partial charge in [-0.3, -0.25) is 14.5 Å². The SMILES string of the molecule is CC[C@H](C)NC(=O)[C@H]1[C@H](c2cccc(NC(=O)c3ccccc3)c2)OC(=O)N1Cc1ccc(F)cc1. The largest absolute Gasteiger partial charge is 0.438 e. The van der Waals surface area contributed by atoms with E-state index in [0.29, 0.717) is 22.4 Å². The van der Waals surface area contributed by atoms with Crippen LogP contribution >= 0.6 is 0 Å². The molecule has 36 heavy (non-hydrogen) atoms. The van der Waals surface area contributed by atoms with Crippen LogP contribution in [0, 0.1) is 5.82 Å². The van der Waals surface area contributed by atoms with Crippen molar-refractivity contribution in [2.75, 3.05) is 5.32 Å². The van der Waals surface area contributed by atoms with Gasteiger partial charge < -0.3 is 15.4 Å². The van der Waals surface area contributed by atoms with E-state index in [-0.39, 0.29) is 30.2 Å². The lowest BCUT2D eigenvalue weighted by Gasteiger charge is -2.26. The molecular formula is C28H28FN3O4. The van der Waals surface area contributed by atoms with E-state index in [2.05, 4.69) is 10.6 Å². The molecule has 0 aromatic heterocycles. The zero-order valence-electron chi connectivity index (χ0n) is 20.1. The number of anilines is 1. The zero-order valence-corrected chi connectivity index (χ0v) is 20.1. The van der Waals surface area contributed by atoms with Crippen molar-refractivity contribution in [3.8, 4) is 0 Å². The van der Waals surface area contributed by atoms with Crippen molar-refractivity contribution in [3.63, 3.8) is 0 Å². The maximum atomic E-state index is 13.4. The number of hydrogen-bond donors (Lipinski definition) is 2.